The Morgan fingerprint density at radius 3 is 2.48 bits per heavy atom. The van der Waals surface area contributed by atoms with E-state index in [1.54, 1.807) is 30.0 Å². The van der Waals surface area contributed by atoms with E-state index in [-0.39, 0.29) is 5.91 Å². The van der Waals surface area contributed by atoms with Crippen LogP contribution in [0, 0.1) is 32.1 Å². The molecule has 40 heavy (non-hydrogen) atoms. The van der Waals surface area contributed by atoms with Crippen molar-refractivity contribution in [2.75, 3.05) is 23.5 Å². The number of aryl methyl sites for hydroxylation is 2. The lowest BCUT2D eigenvalue weighted by atomic mass is 10.0. The lowest BCUT2D eigenvalue weighted by Crippen LogP contribution is -2.14. The fourth-order valence-corrected chi connectivity index (χ4v) is 4.48. The predicted octanol–water partition coefficient (Wildman–Crippen LogP) is 6.51. The minimum absolute atomic E-state index is 0.273. The summed E-state index contributed by atoms with van der Waals surface area (Å²) in [5.41, 5.74) is 12.6. The number of rotatable bonds is 7. The number of hydrogen-bond donors (Lipinski definition) is 3. The summed E-state index contributed by atoms with van der Waals surface area (Å²) in [5.74, 6) is 1.74. The van der Waals surface area contributed by atoms with Crippen LogP contribution >= 0.6 is 0 Å². The lowest BCUT2D eigenvalue weighted by Gasteiger charge is -2.13. The molecule has 2 heterocycles. The number of carbonyl (C=O) groups excluding carboxylic acids is 1. The highest BCUT2D eigenvalue weighted by Gasteiger charge is 2.19. The summed E-state index contributed by atoms with van der Waals surface area (Å²) in [7, 11) is 1.61. The first-order chi connectivity index (χ1) is 19.3. The molecule has 9 heteroatoms. The summed E-state index contributed by atoms with van der Waals surface area (Å²) in [6.07, 6.45) is 3.22. The molecule has 2 aromatic heterocycles. The van der Waals surface area contributed by atoms with Gasteiger partial charge in [0.15, 0.2) is 0 Å². The number of nitriles is 1. The van der Waals surface area contributed by atoms with Crippen molar-refractivity contribution in [3.63, 3.8) is 0 Å². The van der Waals surface area contributed by atoms with Crippen LogP contribution in [0.5, 0.6) is 17.2 Å². The van der Waals surface area contributed by atoms with E-state index in [1.807, 2.05) is 69.3 Å². The van der Waals surface area contributed by atoms with E-state index in [9.17, 15) is 10.1 Å². The fraction of sp³-hybridized carbons (Fsp3) is 0.129. The SMILES string of the molecule is COc1cccc(Oc2ccc(Nc3c(C#N)cnn4cc(NC(=O)c5ccc(C)c(N)c5C)c(C)c34)cc2)c1. The van der Waals surface area contributed by atoms with Crippen LogP contribution in [0.4, 0.5) is 22.7 Å². The molecule has 4 N–H and O–H groups in total. The number of nitrogens with two attached hydrogens (primary N) is 1. The first-order valence-electron chi connectivity index (χ1n) is 12.6. The number of hydrogen-bond acceptors (Lipinski definition) is 7. The van der Waals surface area contributed by atoms with Gasteiger partial charge in [-0.15, -0.1) is 0 Å². The molecule has 9 nitrogen and oxygen atoms in total. The van der Waals surface area contributed by atoms with Crippen LogP contribution in [0.25, 0.3) is 5.52 Å². The van der Waals surface area contributed by atoms with Crippen molar-refractivity contribution in [1.82, 2.24) is 9.61 Å². The third-order valence-corrected chi connectivity index (χ3v) is 6.80. The second-order valence-electron chi connectivity index (χ2n) is 9.36. The standard InChI is InChI=1S/C31H28N6O3/c1-18-8-13-26(19(2)28(18)33)31(38)36-27-17-37-30(20(27)3)29(21(15-32)16-34-37)35-22-9-11-23(12-10-22)40-25-7-5-6-24(14-25)39-4/h5-14,16-17,35H,33H2,1-4H3,(H,36,38). The highest BCUT2D eigenvalue weighted by Crippen LogP contribution is 2.34. The average molecular weight is 533 g/mol. The van der Waals surface area contributed by atoms with Gasteiger partial charge in [0.25, 0.3) is 5.91 Å². The quantitative estimate of drug-likeness (QED) is 0.204. The fourth-order valence-electron chi connectivity index (χ4n) is 4.48. The Kier molecular flexibility index (Phi) is 7.00. The number of nitrogens with zero attached hydrogens (tertiary/aromatic N) is 3. The minimum atomic E-state index is -0.273. The lowest BCUT2D eigenvalue weighted by molar-refractivity contribution is 0.102. The highest BCUT2D eigenvalue weighted by atomic mass is 16.5. The Labute approximate surface area is 231 Å². The topological polar surface area (TPSA) is 127 Å². The van der Waals surface area contributed by atoms with Crippen molar-refractivity contribution in [1.29, 1.82) is 5.26 Å². The van der Waals surface area contributed by atoms with Crippen LogP contribution in [-0.2, 0) is 0 Å². The third kappa shape index (κ3) is 4.98. The molecule has 0 spiro atoms. The monoisotopic (exact) mass is 532 g/mol. The molecule has 200 valence electrons. The normalized spacial score (nSPS) is 10.7. The summed E-state index contributed by atoms with van der Waals surface area (Å²) in [6, 6.07) is 20.6. The Bertz CT molecular complexity index is 1780. The molecule has 3 aromatic carbocycles. The largest absolute Gasteiger partial charge is 0.497 e. The smallest absolute Gasteiger partial charge is 0.256 e. The molecule has 0 aliphatic heterocycles. The maximum Gasteiger partial charge on any atom is 0.256 e. The second-order valence-corrected chi connectivity index (χ2v) is 9.36. The predicted molar refractivity (Wildman–Crippen MR) is 156 cm³/mol. The van der Waals surface area contributed by atoms with Gasteiger partial charge in [-0.1, -0.05) is 12.1 Å². The third-order valence-electron chi connectivity index (χ3n) is 6.80. The molecule has 0 saturated carbocycles. The van der Waals surface area contributed by atoms with Gasteiger partial charge < -0.3 is 25.8 Å². The number of nitrogens with one attached hydrogen (secondary N) is 2. The van der Waals surface area contributed by atoms with E-state index < -0.39 is 0 Å². The zero-order valence-electron chi connectivity index (χ0n) is 22.6. The van der Waals surface area contributed by atoms with Crippen LogP contribution in [0.2, 0.25) is 0 Å². The molecule has 5 aromatic rings. The van der Waals surface area contributed by atoms with E-state index in [1.165, 1.54) is 6.20 Å². The van der Waals surface area contributed by atoms with Crippen LogP contribution in [-0.4, -0.2) is 22.6 Å². The molecular weight excluding hydrogens is 504 g/mol. The molecular formula is C31H28N6O3. The van der Waals surface area contributed by atoms with E-state index in [2.05, 4.69) is 21.8 Å². The number of anilines is 4. The maximum absolute atomic E-state index is 13.1. The zero-order chi connectivity index (χ0) is 28.4. The number of benzene rings is 3. The maximum atomic E-state index is 13.1. The Hall–Kier alpha value is -5.49. The number of ether oxygens (including phenoxy) is 2. The first kappa shape index (κ1) is 26.1. The Morgan fingerprint density at radius 2 is 1.75 bits per heavy atom. The number of fused-ring (bicyclic) bond motifs is 1. The van der Waals surface area contributed by atoms with Crippen LogP contribution in [0.1, 0.15) is 32.6 Å². The summed E-state index contributed by atoms with van der Waals surface area (Å²) < 4.78 is 12.8. The zero-order valence-corrected chi connectivity index (χ0v) is 22.6. The van der Waals surface area contributed by atoms with E-state index >= 15 is 0 Å². The number of amides is 1. The first-order valence-corrected chi connectivity index (χ1v) is 12.6. The van der Waals surface area contributed by atoms with Gasteiger partial charge in [-0.05, 0) is 74.4 Å². The number of nitrogen functional groups attached to an aromatic ring is 1. The summed E-state index contributed by atoms with van der Waals surface area (Å²) in [6.45, 7) is 5.61. The number of methoxy groups -OCH3 is 1. The molecule has 0 aliphatic carbocycles. The van der Waals surface area contributed by atoms with Gasteiger partial charge in [0, 0.05) is 28.6 Å². The van der Waals surface area contributed by atoms with E-state index in [4.69, 9.17) is 15.2 Å². The Balaban J connectivity index is 1.43. The van der Waals surface area contributed by atoms with Crippen molar-refractivity contribution in [2.45, 2.75) is 20.8 Å². The summed E-state index contributed by atoms with van der Waals surface area (Å²) >= 11 is 0. The van der Waals surface area contributed by atoms with E-state index in [0.717, 1.165) is 22.4 Å². The molecule has 0 atom stereocenters. The van der Waals surface area contributed by atoms with E-state index in [0.29, 0.717) is 51.0 Å². The van der Waals surface area contributed by atoms with Gasteiger partial charge in [0.2, 0.25) is 0 Å². The van der Waals surface area contributed by atoms with Gasteiger partial charge in [-0.3, -0.25) is 4.79 Å². The van der Waals surface area contributed by atoms with Gasteiger partial charge >= 0.3 is 0 Å². The van der Waals surface area contributed by atoms with Gasteiger partial charge in [0.1, 0.15) is 23.3 Å². The molecule has 5 rings (SSSR count). The molecule has 0 saturated heterocycles. The van der Waals surface area contributed by atoms with Crippen molar-refractivity contribution in [3.8, 4) is 23.3 Å². The Morgan fingerprint density at radius 1 is 1.00 bits per heavy atom. The van der Waals surface area contributed by atoms with Gasteiger partial charge in [-0.25, -0.2) is 4.52 Å². The molecule has 0 bridgehead atoms. The molecule has 0 unspecified atom stereocenters. The van der Waals surface area contributed by atoms with Crippen LogP contribution in [0.15, 0.2) is 73.1 Å². The summed E-state index contributed by atoms with van der Waals surface area (Å²) in [5, 5.41) is 20.5. The van der Waals surface area contributed by atoms with Crippen molar-refractivity contribution in [2.24, 2.45) is 0 Å². The summed E-state index contributed by atoms with van der Waals surface area (Å²) in [4.78, 5) is 13.1. The highest BCUT2D eigenvalue weighted by molar-refractivity contribution is 6.07. The minimum Gasteiger partial charge on any atom is -0.497 e. The molecule has 0 radical (unpaired) electrons. The second kappa shape index (κ2) is 10.7. The van der Waals surface area contributed by atoms with Crippen LogP contribution < -0.4 is 25.8 Å². The van der Waals surface area contributed by atoms with Gasteiger partial charge in [-0.2, -0.15) is 10.4 Å². The molecule has 0 fully saturated rings. The van der Waals surface area contributed by atoms with Crippen molar-refractivity contribution >= 4 is 34.2 Å². The van der Waals surface area contributed by atoms with Crippen molar-refractivity contribution < 1.29 is 14.3 Å². The van der Waals surface area contributed by atoms with Crippen LogP contribution in [0.3, 0.4) is 0 Å². The van der Waals surface area contributed by atoms with Crippen molar-refractivity contribution in [3.05, 3.63) is 101 Å². The number of carbonyl (C=O) groups is 1. The van der Waals surface area contributed by atoms with Gasteiger partial charge in [0.05, 0.1) is 42.0 Å². The molecule has 0 aliphatic rings. The number of aromatic nitrogens is 2. The average Bonchev–Trinajstić information content (AvgIpc) is 3.28. The molecule has 1 amide bonds.